The highest BCUT2D eigenvalue weighted by molar-refractivity contribution is 8.01. The summed E-state index contributed by atoms with van der Waals surface area (Å²) in [6.07, 6.45) is 5.14. The number of fused-ring (bicyclic) bond motifs is 1. The molecule has 8 heteroatoms. The van der Waals surface area contributed by atoms with Gasteiger partial charge in [-0.1, -0.05) is 36.3 Å². The lowest BCUT2D eigenvalue weighted by Crippen LogP contribution is -2.68. The number of terminal acetylenes is 1. The van der Waals surface area contributed by atoms with E-state index in [1.807, 2.05) is 6.07 Å². The molecule has 2 saturated heterocycles. The van der Waals surface area contributed by atoms with Crippen LogP contribution in [0.5, 0.6) is 0 Å². The second kappa shape index (κ2) is 7.53. The lowest BCUT2D eigenvalue weighted by atomic mass is 10.0. The number of benzene rings is 1. The Balaban J connectivity index is 1.71. The summed E-state index contributed by atoms with van der Waals surface area (Å²) in [4.78, 5) is 39.0. The Kier molecular flexibility index (Phi) is 5.33. The Bertz CT molecular complexity index is 790. The van der Waals surface area contributed by atoms with Crippen LogP contribution in [-0.2, 0) is 9.59 Å². The SMILES string of the molecule is C#CCNC(=O)N[C@@H](C(=O)N[C@@H]1C(=O)N2CC(C)(C)SC12)c1ccccc1. The van der Waals surface area contributed by atoms with Crippen molar-refractivity contribution in [3.63, 3.8) is 0 Å². The maximum Gasteiger partial charge on any atom is 0.316 e. The summed E-state index contributed by atoms with van der Waals surface area (Å²) in [5, 5.41) is 7.84. The van der Waals surface area contributed by atoms with E-state index in [0.717, 1.165) is 0 Å². The summed E-state index contributed by atoms with van der Waals surface area (Å²) in [5.41, 5.74) is 0.619. The number of carbonyl (C=O) groups excluding carboxylic acids is 3. The van der Waals surface area contributed by atoms with Crippen molar-refractivity contribution in [1.82, 2.24) is 20.9 Å². The fraction of sp³-hybridized carbons (Fsp3) is 0.421. The molecule has 1 unspecified atom stereocenters. The van der Waals surface area contributed by atoms with E-state index in [2.05, 4.69) is 35.7 Å². The number of β-lactam (4-membered cyclic amide) rings is 1. The maximum atomic E-state index is 12.9. The molecule has 2 heterocycles. The predicted octanol–water partition coefficient (Wildman–Crippen LogP) is 0.839. The maximum absolute atomic E-state index is 12.9. The highest BCUT2D eigenvalue weighted by atomic mass is 32.2. The summed E-state index contributed by atoms with van der Waals surface area (Å²) in [6, 6.07) is 6.82. The van der Waals surface area contributed by atoms with Crippen molar-refractivity contribution in [2.24, 2.45) is 0 Å². The topological polar surface area (TPSA) is 90.5 Å². The van der Waals surface area contributed by atoms with Crippen LogP contribution < -0.4 is 16.0 Å². The van der Waals surface area contributed by atoms with E-state index >= 15 is 0 Å². The minimum absolute atomic E-state index is 0.0357. The van der Waals surface area contributed by atoms with Crippen LogP contribution in [0.3, 0.4) is 0 Å². The molecule has 2 aliphatic heterocycles. The fourth-order valence-corrected chi connectivity index (χ4v) is 4.72. The van der Waals surface area contributed by atoms with Crippen molar-refractivity contribution in [3.8, 4) is 12.3 Å². The third-order valence-corrected chi connectivity index (χ3v) is 5.99. The van der Waals surface area contributed by atoms with E-state index in [0.29, 0.717) is 12.1 Å². The Hall–Kier alpha value is -2.66. The van der Waals surface area contributed by atoms with Gasteiger partial charge in [-0.05, 0) is 19.4 Å². The molecule has 7 nitrogen and oxygen atoms in total. The Labute approximate surface area is 162 Å². The van der Waals surface area contributed by atoms with E-state index in [4.69, 9.17) is 6.42 Å². The van der Waals surface area contributed by atoms with Gasteiger partial charge in [0.25, 0.3) is 0 Å². The molecule has 4 amide bonds. The van der Waals surface area contributed by atoms with Gasteiger partial charge in [0.05, 0.1) is 6.54 Å². The van der Waals surface area contributed by atoms with Gasteiger partial charge < -0.3 is 20.9 Å². The number of hydrogen-bond acceptors (Lipinski definition) is 4. The number of urea groups is 1. The number of rotatable bonds is 5. The van der Waals surface area contributed by atoms with Gasteiger partial charge in [-0.15, -0.1) is 18.2 Å². The lowest BCUT2D eigenvalue weighted by molar-refractivity contribution is -0.148. The third-order valence-electron chi connectivity index (χ3n) is 4.45. The Morgan fingerprint density at radius 3 is 2.74 bits per heavy atom. The van der Waals surface area contributed by atoms with Crippen LogP contribution in [0.2, 0.25) is 0 Å². The molecule has 27 heavy (non-hydrogen) atoms. The van der Waals surface area contributed by atoms with Gasteiger partial charge in [-0.3, -0.25) is 9.59 Å². The highest BCUT2D eigenvalue weighted by Gasteiger charge is 2.56. The minimum atomic E-state index is -0.926. The number of carbonyl (C=O) groups is 3. The molecule has 1 aromatic rings. The molecule has 3 N–H and O–H groups in total. The molecular weight excluding hydrogens is 364 g/mol. The first-order valence-electron chi connectivity index (χ1n) is 8.64. The van der Waals surface area contributed by atoms with E-state index in [1.54, 1.807) is 40.9 Å². The predicted molar refractivity (Wildman–Crippen MR) is 104 cm³/mol. The zero-order valence-corrected chi connectivity index (χ0v) is 16.0. The zero-order valence-electron chi connectivity index (χ0n) is 15.2. The van der Waals surface area contributed by atoms with Crippen molar-refractivity contribution in [3.05, 3.63) is 35.9 Å². The smallest absolute Gasteiger partial charge is 0.316 e. The zero-order chi connectivity index (χ0) is 19.6. The van der Waals surface area contributed by atoms with Crippen LogP contribution in [-0.4, -0.2) is 52.0 Å². The van der Waals surface area contributed by atoms with Crippen LogP contribution >= 0.6 is 11.8 Å². The first-order chi connectivity index (χ1) is 12.8. The van der Waals surface area contributed by atoms with E-state index in [-0.39, 0.29) is 22.6 Å². The summed E-state index contributed by atoms with van der Waals surface area (Å²) >= 11 is 1.67. The average molecular weight is 386 g/mol. The fourth-order valence-electron chi connectivity index (χ4n) is 3.23. The normalized spacial score (nSPS) is 23.4. The monoisotopic (exact) mass is 386 g/mol. The van der Waals surface area contributed by atoms with Crippen molar-refractivity contribution < 1.29 is 14.4 Å². The van der Waals surface area contributed by atoms with Gasteiger partial charge in [0.1, 0.15) is 17.5 Å². The van der Waals surface area contributed by atoms with Gasteiger partial charge in [-0.2, -0.15) is 0 Å². The lowest BCUT2D eigenvalue weighted by Gasteiger charge is -2.42. The van der Waals surface area contributed by atoms with E-state index < -0.39 is 24.0 Å². The molecule has 1 aromatic carbocycles. The first kappa shape index (κ1) is 19.1. The van der Waals surface area contributed by atoms with Crippen molar-refractivity contribution in [2.45, 2.75) is 36.1 Å². The number of nitrogens with zero attached hydrogens (tertiary/aromatic N) is 1. The minimum Gasteiger partial charge on any atom is -0.340 e. The molecule has 142 valence electrons. The Morgan fingerprint density at radius 2 is 2.07 bits per heavy atom. The van der Waals surface area contributed by atoms with Gasteiger partial charge >= 0.3 is 6.03 Å². The molecule has 2 aliphatic rings. The van der Waals surface area contributed by atoms with Gasteiger partial charge in [-0.25, -0.2) is 4.79 Å². The number of hydrogen-bond donors (Lipinski definition) is 3. The largest absolute Gasteiger partial charge is 0.340 e. The second-order valence-corrected chi connectivity index (χ2v) is 8.92. The van der Waals surface area contributed by atoms with Gasteiger partial charge in [0, 0.05) is 11.3 Å². The van der Waals surface area contributed by atoms with Crippen molar-refractivity contribution >= 4 is 29.6 Å². The average Bonchev–Trinajstić information content (AvgIpc) is 2.95. The first-order valence-corrected chi connectivity index (χ1v) is 9.52. The molecule has 0 aliphatic carbocycles. The highest BCUT2D eigenvalue weighted by Crippen LogP contribution is 2.46. The molecule has 0 spiro atoms. The summed E-state index contributed by atoms with van der Waals surface area (Å²) in [7, 11) is 0. The molecule has 0 saturated carbocycles. The van der Waals surface area contributed by atoms with E-state index in [9.17, 15) is 14.4 Å². The molecule has 3 atom stereocenters. The summed E-state index contributed by atoms with van der Waals surface area (Å²) in [5.74, 6) is 1.79. The van der Waals surface area contributed by atoms with Crippen LogP contribution in [0.1, 0.15) is 25.5 Å². The Morgan fingerprint density at radius 1 is 1.37 bits per heavy atom. The molecule has 0 radical (unpaired) electrons. The molecule has 3 rings (SSSR count). The molecule has 0 aromatic heterocycles. The van der Waals surface area contributed by atoms with Crippen LogP contribution in [0.15, 0.2) is 30.3 Å². The van der Waals surface area contributed by atoms with Crippen molar-refractivity contribution in [1.29, 1.82) is 0 Å². The second-order valence-electron chi connectivity index (χ2n) is 7.10. The summed E-state index contributed by atoms with van der Waals surface area (Å²) in [6.45, 7) is 4.87. The quantitative estimate of drug-likeness (QED) is 0.517. The molecule has 0 bridgehead atoms. The van der Waals surface area contributed by atoms with Gasteiger partial charge in [0.15, 0.2) is 0 Å². The number of nitrogens with one attached hydrogen (secondary N) is 3. The van der Waals surface area contributed by atoms with Crippen LogP contribution in [0.4, 0.5) is 4.79 Å². The number of amides is 4. The molecular formula is C19H22N4O3S. The van der Waals surface area contributed by atoms with Crippen LogP contribution in [0, 0.1) is 12.3 Å². The van der Waals surface area contributed by atoms with Crippen LogP contribution in [0.25, 0.3) is 0 Å². The third kappa shape index (κ3) is 4.03. The van der Waals surface area contributed by atoms with Crippen molar-refractivity contribution in [2.75, 3.05) is 13.1 Å². The summed E-state index contributed by atoms with van der Waals surface area (Å²) < 4.78 is -0.0357. The number of thioether (sulfide) groups is 1. The molecule has 2 fully saturated rings. The van der Waals surface area contributed by atoms with E-state index in [1.165, 1.54) is 0 Å². The standard InChI is InChI=1S/C19H22N4O3S/c1-4-10-20-18(26)22-13(12-8-6-5-7-9-12)15(24)21-14-16(25)23-11-19(2,3)27-17(14)23/h1,5-9,13-14,17H,10-11H2,2-3H3,(H,21,24)(H2,20,22,26)/t13-,14-,17?/m1/s1. The van der Waals surface area contributed by atoms with Gasteiger partial charge in [0.2, 0.25) is 11.8 Å².